The van der Waals surface area contributed by atoms with Crippen LogP contribution >= 0.6 is 0 Å². The highest BCUT2D eigenvalue weighted by atomic mass is 16.6. The van der Waals surface area contributed by atoms with Crippen LogP contribution in [0.1, 0.15) is 26.7 Å². The maximum atomic E-state index is 9.72. The molecule has 2 saturated heterocycles. The molecule has 76 valence electrons. The van der Waals surface area contributed by atoms with Gasteiger partial charge in [-0.15, -0.1) is 0 Å². The van der Waals surface area contributed by atoms with Crippen LogP contribution in [-0.2, 0) is 4.74 Å². The van der Waals surface area contributed by atoms with Gasteiger partial charge >= 0.3 is 0 Å². The highest BCUT2D eigenvalue weighted by Crippen LogP contribution is 2.47. The van der Waals surface area contributed by atoms with E-state index in [4.69, 9.17) is 4.74 Å². The van der Waals surface area contributed by atoms with Gasteiger partial charge in [0.2, 0.25) is 0 Å². The first kappa shape index (κ1) is 9.40. The molecule has 3 N–H and O–H groups in total. The first-order chi connectivity index (χ1) is 5.87. The summed E-state index contributed by atoms with van der Waals surface area (Å²) in [6.45, 7) is 3.46. The average Bonchev–Trinajstić information content (AvgIpc) is 2.08. The number of ether oxygens (including phenoxy) is 1. The summed E-state index contributed by atoms with van der Waals surface area (Å²) in [5.74, 6) is 0. The summed E-state index contributed by atoms with van der Waals surface area (Å²) in [4.78, 5) is 0. The number of aliphatic hydroxyl groups excluding tert-OH is 3. The summed E-state index contributed by atoms with van der Waals surface area (Å²) in [6, 6.07) is 0. The lowest BCUT2D eigenvalue weighted by molar-refractivity contribution is -0.177. The number of aliphatic hydroxyl groups is 3. The number of hydrogen-bond acceptors (Lipinski definition) is 4. The van der Waals surface area contributed by atoms with Gasteiger partial charge in [-0.05, 0) is 13.8 Å². The van der Waals surface area contributed by atoms with E-state index >= 15 is 0 Å². The zero-order valence-electron chi connectivity index (χ0n) is 7.90. The van der Waals surface area contributed by atoms with Gasteiger partial charge in [-0.2, -0.15) is 0 Å². The number of fused-ring (bicyclic) bond motifs is 2. The maximum Gasteiger partial charge on any atom is 0.111 e. The van der Waals surface area contributed by atoms with Gasteiger partial charge in [0.05, 0.1) is 17.3 Å². The Morgan fingerprint density at radius 3 is 1.77 bits per heavy atom. The van der Waals surface area contributed by atoms with Crippen molar-refractivity contribution < 1.29 is 20.1 Å². The molecule has 2 fully saturated rings. The van der Waals surface area contributed by atoms with Crippen LogP contribution < -0.4 is 0 Å². The van der Waals surface area contributed by atoms with E-state index in [0.717, 1.165) is 0 Å². The fourth-order valence-corrected chi connectivity index (χ4v) is 2.65. The molecule has 0 aliphatic carbocycles. The van der Waals surface area contributed by atoms with E-state index in [-0.39, 0.29) is 0 Å². The SMILES string of the molecule is C[C@]12CC(O)C[C@](C)(O1)[C@H](O)[C@@H]2O. The molecule has 0 aromatic carbocycles. The molecule has 4 nitrogen and oxygen atoms in total. The minimum atomic E-state index is -0.894. The smallest absolute Gasteiger partial charge is 0.111 e. The zero-order chi connectivity index (χ0) is 9.85. The maximum absolute atomic E-state index is 9.72. The lowest BCUT2D eigenvalue weighted by Crippen LogP contribution is -2.46. The number of hydrogen-bond donors (Lipinski definition) is 3. The highest BCUT2D eigenvalue weighted by Gasteiger charge is 2.61. The van der Waals surface area contributed by atoms with E-state index in [0.29, 0.717) is 12.8 Å². The Labute approximate surface area is 77.1 Å². The summed E-state index contributed by atoms with van der Waals surface area (Å²) < 4.78 is 5.61. The molecule has 2 bridgehead atoms. The molecular weight excluding hydrogens is 172 g/mol. The number of rotatable bonds is 0. The van der Waals surface area contributed by atoms with E-state index < -0.39 is 29.5 Å². The first-order valence-corrected chi connectivity index (χ1v) is 4.62. The average molecular weight is 188 g/mol. The minimum Gasteiger partial charge on any atom is -0.393 e. The minimum absolute atomic E-state index is 0.390. The predicted molar refractivity (Wildman–Crippen MR) is 45.1 cm³/mol. The Morgan fingerprint density at radius 2 is 1.38 bits per heavy atom. The Bertz CT molecular complexity index is 210. The summed E-state index contributed by atoms with van der Waals surface area (Å²) in [7, 11) is 0. The van der Waals surface area contributed by atoms with Crippen molar-refractivity contribution in [3.63, 3.8) is 0 Å². The van der Waals surface area contributed by atoms with Crippen LogP contribution in [0.3, 0.4) is 0 Å². The molecule has 2 rings (SSSR count). The van der Waals surface area contributed by atoms with Crippen molar-refractivity contribution in [2.24, 2.45) is 0 Å². The molecule has 4 heteroatoms. The normalized spacial score (nSPS) is 61.2. The van der Waals surface area contributed by atoms with E-state index in [1.165, 1.54) is 0 Å². The molecule has 2 heterocycles. The quantitative estimate of drug-likeness (QED) is 0.475. The first-order valence-electron chi connectivity index (χ1n) is 4.62. The van der Waals surface area contributed by atoms with Crippen molar-refractivity contribution in [2.75, 3.05) is 0 Å². The van der Waals surface area contributed by atoms with Crippen molar-refractivity contribution in [3.8, 4) is 0 Å². The lowest BCUT2D eigenvalue weighted by atomic mass is 9.92. The lowest BCUT2D eigenvalue weighted by Gasteiger charge is -2.38. The molecule has 2 aliphatic heterocycles. The van der Waals surface area contributed by atoms with Gasteiger partial charge in [-0.3, -0.25) is 0 Å². The monoisotopic (exact) mass is 188 g/mol. The van der Waals surface area contributed by atoms with Gasteiger partial charge in [-0.25, -0.2) is 0 Å². The molecule has 5 atom stereocenters. The third-order valence-electron chi connectivity index (χ3n) is 3.30. The van der Waals surface area contributed by atoms with Gasteiger partial charge in [-0.1, -0.05) is 0 Å². The Balaban J connectivity index is 2.35. The summed E-state index contributed by atoms with van der Waals surface area (Å²) in [5.41, 5.74) is -1.57. The summed E-state index contributed by atoms with van der Waals surface area (Å²) >= 11 is 0. The summed E-state index contributed by atoms with van der Waals surface area (Å²) in [5, 5.41) is 29.0. The van der Waals surface area contributed by atoms with E-state index in [2.05, 4.69) is 0 Å². The summed E-state index contributed by atoms with van der Waals surface area (Å²) in [6.07, 6.45) is -1.50. The molecule has 13 heavy (non-hydrogen) atoms. The predicted octanol–water partition coefficient (Wildman–Crippen LogP) is -0.590. The van der Waals surface area contributed by atoms with Crippen molar-refractivity contribution in [1.82, 2.24) is 0 Å². The van der Waals surface area contributed by atoms with E-state index in [9.17, 15) is 15.3 Å². The fourth-order valence-electron chi connectivity index (χ4n) is 2.65. The molecule has 0 radical (unpaired) electrons. The Hall–Kier alpha value is -0.160. The highest BCUT2D eigenvalue weighted by molar-refractivity contribution is 5.11. The van der Waals surface area contributed by atoms with Gasteiger partial charge in [0.15, 0.2) is 0 Å². The Kier molecular flexibility index (Phi) is 1.77. The molecular formula is C9H16O4. The van der Waals surface area contributed by atoms with Gasteiger partial charge in [0, 0.05) is 12.8 Å². The van der Waals surface area contributed by atoms with Crippen molar-refractivity contribution in [1.29, 1.82) is 0 Å². The van der Waals surface area contributed by atoms with E-state index in [1.54, 1.807) is 13.8 Å². The second-order valence-electron chi connectivity index (χ2n) is 4.68. The Morgan fingerprint density at radius 1 is 1.00 bits per heavy atom. The topological polar surface area (TPSA) is 69.9 Å². The second-order valence-corrected chi connectivity index (χ2v) is 4.68. The molecule has 0 spiro atoms. The molecule has 0 aromatic rings. The van der Waals surface area contributed by atoms with Gasteiger partial charge in [0.25, 0.3) is 0 Å². The van der Waals surface area contributed by atoms with Crippen LogP contribution in [0.5, 0.6) is 0 Å². The van der Waals surface area contributed by atoms with Crippen LogP contribution in [0.15, 0.2) is 0 Å². The second kappa shape index (κ2) is 2.45. The molecule has 0 aromatic heterocycles. The molecule has 2 aliphatic rings. The van der Waals surface area contributed by atoms with Crippen molar-refractivity contribution >= 4 is 0 Å². The third kappa shape index (κ3) is 1.13. The van der Waals surface area contributed by atoms with Gasteiger partial charge < -0.3 is 20.1 Å². The van der Waals surface area contributed by atoms with Crippen LogP contribution in [0, 0.1) is 0 Å². The van der Waals surface area contributed by atoms with Crippen LogP contribution in [0.4, 0.5) is 0 Å². The van der Waals surface area contributed by atoms with Crippen LogP contribution in [0.25, 0.3) is 0 Å². The van der Waals surface area contributed by atoms with Crippen LogP contribution in [0.2, 0.25) is 0 Å². The van der Waals surface area contributed by atoms with Crippen molar-refractivity contribution in [3.05, 3.63) is 0 Å². The van der Waals surface area contributed by atoms with Crippen molar-refractivity contribution in [2.45, 2.75) is 56.2 Å². The molecule has 0 amide bonds. The standard InChI is InChI=1S/C9H16O4/c1-8-3-5(10)4-9(2,13-8)7(12)6(8)11/h5-7,10-12H,3-4H2,1-2H3/t5?,6-,7+,8+,9-. The van der Waals surface area contributed by atoms with Crippen LogP contribution in [-0.4, -0.2) is 44.8 Å². The van der Waals surface area contributed by atoms with E-state index in [1.807, 2.05) is 0 Å². The largest absolute Gasteiger partial charge is 0.393 e. The van der Waals surface area contributed by atoms with Gasteiger partial charge in [0.1, 0.15) is 12.2 Å². The molecule has 1 unspecified atom stereocenters. The molecule has 0 saturated carbocycles. The third-order valence-corrected chi connectivity index (χ3v) is 3.30. The zero-order valence-corrected chi connectivity index (χ0v) is 7.90. The fraction of sp³-hybridized carbons (Fsp3) is 1.00.